The van der Waals surface area contributed by atoms with Gasteiger partial charge in [0.1, 0.15) is 11.5 Å². The van der Waals surface area contributed by atoms with Gasteiger partial charge in [-0.2, -0.15) is 0 Å². The highest BCUT2D eigenvalue weighted by molar-refractivity contribution is 7.89. The third-order valence-electron chi connectivity index (χ3n) is 4.14. The van der Waals surface area contributed by atoms with Crippen molar-refractivity contribution in [1.82, 2.24) is 15.0 Å². The van der Waals surface area contributed by atoms with E-state index in [-0.39, 0.29) is 11.7 Å². The molecule has 0 amide bonds. The molecule has 24 heavy (non-hydrogen) atoms. The number of primary sulfonamides is 1. The number of rotatable bonds is 4. The van der Waals surface area contributed by atoms with E-state index in [1.165, 1.54) is 0 Å². The van der Waals surface area contributed by atoms with Crippen molar-refractivity contribution in [1.29, 1.82) is 0 Å². The summed E-state index contributed by atoms with van der Waals surface area (Å²) in [6.45, 7) is 3.46. The Morgan fingerprint density at radius 3 is 2.62 bits per heavy atom. The summed E-state index contributed by atoms with van der Waals surface area (Å²) < 4.78 is 22.5. The van der Waals surface area contributed by atoms with Crippen molar-refractivity contribution < 1.29 is 8.42 Å². The number of aryl methyl sites for hydroxylation is 1. The van der Waals surface area contributed by atoms with Crippen molar-refractivity contribution in [2.45, 2.75) is 19.8 Å². The largest absolute Gasteiger partial charge is 0.356 e. The van der Waals surface area contributed by atoms with Crippen molar-refractivity contribution in [2.24, 2.45) is 11.1 Å². The van der Waals surface area contributed by atoms with Crippen LogP contribution in [0.5, 0.6) is 0 Å². The smallest absolute Gasteiger partial charge is 0.209 e. The van der Waals surface area contributed by atoms with Crippen LogP contribution in [-0.4, -0.2) is 42.2 Å². The zero-order valence-electron chi connectivity index (χ0n) is 13.6. The maximum Gasteiger partial charge on any atom is 0.209 e. The lowest BCUT2D eigenvalue weighted by Gasteiger charge is -2.32. The normalized spacial score (nSPS) is 16.3. The van der Waals surface area contributed by atoms with Crippen molar-refractivity contribution >= 4 is 15.8 Å². The number of hydrogen-bond donors (Lipinski definition) is 1. The molecule has 0 bridgehead atoms. The van der Waals surface area contributed by atoms with Crippen molar-refractivity contribution in [3.05, 3.63) is 36.2 Å². The lowest BCUT2D eigenvalue weighted by Crippen LogP contribution is -2.37. The Morgan fingerprint density at radius 2 is 2.00 bits per heavy atom. The summed E-state index contributed by atoms with van der Waals surface area (Å²) in [5.41, 5.74) is 1.62. The monoisotopic (exact) mass is 347 g/mol. The molecule has 3 heterocycles. The Morgan fingerprint density at radius 1 is 1.25 bits per heavy atom. The van der Waals surface area contributed by atoms with Gasteiger partial charge in [-0.3, -0.25) is 4.98 Å². The van der Waals surface area contributed by atoms with Crippen LogP contribution in [0.25, 0.3) is 11.5 Å². The zero-order valence-corrected chi connectivity index (χ0v) is 14.4. The summed E-state index contributed by atoms with van der Waals surface area (Å²) in [6.07, 6.45) is 3.30. The molecule has 7 nitrogen and oxygen atoms in total. The fraction of sp³-hybridized carbons (Fsp3) is 0.438. The summed E-state index contributed by atoms with van der Waals surface area (Å²) in [7, 11) is -3.41. The Hall–Kier alpha value is -2.06. The van der Waals surface area contributed by atoms with Crippen LogP contribution in [-0.2, 0) is 10.0 Å². The molecule has 2 aromatic heterocycles. The summed E-state index contributed by atoms with van der Waals surface area (Å²) in [4.78, 5) is 15.6. The Balaban J connectivity index is 1.75. The van der Waals surface area contributed by atoms with Crippen LogP contribution in [0.2, 0.25) is 0 Å². The second kappa shape index (κ2) is 6.82. The molecule has 8 heteroatoms. The first kappa shape index (κ1) is 16.8. The van der Waals surface area contributed by atoms with E-state index in [9.17, 15) is 8.42 Å². The van der Waals surface area contributed by atoms with Gasteiger partial charge in [-0.05, 0) is 37.8 Å². The highest BCUT2D eigenvalue weighted by Crippen LogP contribution is 2.24. The molecule has 1 saturated heterocycles. The van der Waals surface area contributed by atoms with Crippen molar-refractivity contribution in [2.75, 3.05) is 23.7 Å². The minimum absolute atomic E-state index is 0.0584. The van der Waals surface area contributed by atoms with Gasteiger partial charge in [0.15, 0.2) is 5.82 Å². The molecule has 0 unspecified atom stereocenters. The zero-order chi connectivity index (χ0) is 17.2. The molecule has 0 atom stereocenters. The molecular weight excluding hydrogens is 326 g/mol. The van der Waals surface area contributed by atoms with E-state index in [0.29, 0.717) is 5.82 Å². The number of piperidine rings is 1. The van der Waals surface area contributed by atoms with Crippen LogP contribution in [0.15, 0.2) is 30.5 Å². The predicted octanol–water partition coefficient (Wildman–Crippen LogP) is 1.35. The number of anilines is 1. The highest BCUT2D eigenvalue weighted by Gasteiger charge is 2.24. The fourth-order valence-electron chi connectivity index (χ4n) is 2.98. The third-order valence-corrected chi connectivity index (χ3v) is 5.08. The number of nitrogens with two attached hydrogens (primary N) is 1. The summed E-state index contributed by atoms with van der Waals surface area (Å²) in [6, 6.07) is 7.60. The second-order valence-electron chi connectivity index (χ2n) is 6.17. The number of nitrogens with zero attached hydrogens (tertiary/aromatic N) is 4. The third kappa shape index (κ3) is 4.27. The van der Waals surface area contributed by atoms with E-state index in [1.54, 1.807) is 6.20 Å². The standard InChI is InChI=1S/C16H21N5O2S/c1-12-10-15(20-16(19-12)14-4-2-3-7-18-14)21-8-5-13(6-9-21)11-24(17,22)23/h2-4,7,10,13H,5-6,8-9,11H2,1H3,(H2,17,22,23). The molecule has 0 spiro atoms. The summed E-state index contributed by atoms with van der Waals surface area (Å²) >= 11 is 0. The van der Waals surface area contributed by atoms with Gasteiger partial charge in [0.25, 0.3) is 0 Å². The minimum Gasteiger partial charge on any atom is -0.356 e. The van der Waals surface area contributed by atoms with Crippen LogP contribution in [0, 0.1) is 12.8 Å². The molecule has 128 valence electrons. The maximum atomic E-state index is 11.2. The molecule has 3 rings (SSSR count). The second-order valence-corrected chi connectivity index (χ2v) is 7.83. The van der Waals surface area contributed by atoms with Gasteiger partial charge in [0.05, 0.1) is 5.75 Å². The maximum absolute atomic E-state index is 11.2. The first-order chi connectivity index (χ1) is 11.4. The van der Waals surface area contributed by atoms with Crippen LogP contribution < -0.4 is 10.0 Å². The Bertz CT molecular complexity index is 802. The number of hydrogen-bond acceptors (Lipinski definition) is 6. The quantitative estimate of drug-likeness (QED) is 0.896. The van der Waals surface area contributed by atoms with Crippen LogP contribution in [0.3, 0.4) is 0 Å². The molecular formula is C16H21N5O2S. The number of pyridine rings is 1. The average Bonchev–Trinajstić information content (AvgIpc) is 2.54. The fourth-order valence-corrected chi connectivity index (χ4v) is 3.97. The Labute approximate surface area is 142 Å². The summed E-state index contributed by atoms with van der Waals surface area (Å²) in [5, 5.41) is 5.15. The lowest BCUT2D eigenvalue weighted by molar-refractivity contribution is 0.434. The molecule has 0 radical (unpaired) electrons. The van der Waals surface area contributed by atoms with E-state index < -0.39 is 10.0 Å². The van der Waals surface area contributed by atoms with Gasteiger partial charge in [0, 0.05) is 31.0 Å². The van der Waals surface area contributed by atoms with Crippen LogP contribution in [0.1, 0.15) is 18.5 Å². The van der Waals surface area contributed by atoms with E-state index in [1.807, 2.05) is 31.2 Å². The first-order valence-electron chi connectivity index (χ1n) is 7.93. The topological polar surface area (TPSA) is 102 Å². The van der Waals surface area contributed by atoms with Crippen LogP contribution >= 0.6 is 0 Å². The van der Waals surface area contributed by atoms with E-state index in [2.05, 4.69) is 19.9 Å². The molecule has 0 aliphatic carbocycles. The van der Waals surface area contributed by atoms with Gasteiger partial charge >= 0.3 is 0 Å². The molecule has 0 saturated carbocycles. The minimum atomic E-state index is -3.41. The molecule has 1 aliphatic heterocycles. The molecule has 2 N–H and O–H groups in total. The van der Waals surface area contributed by atoms with Gasteiger partial charge in [-0.25, -0.2) is 23.5 Å². The van der Waals surface area contributed by atoms with Gasteiger partial charge in [0.2, 0.25) is 10.0 Å². The lowest BCUT2D eigenvalue weighted by atomic mass is 9.99. The van der Waals surface area contributed by atoms with Gasteiger partial charge in [-0.1, -0.05) is 6.07 Å². The number of aromatic nitrogens is 3. The highest BCUT2D eigenvalue weighted by atomic mass is 32.2. The van der Waals surface area contributed by atoms with Crippen molar-refractivity contribution in [3.63, 3.8) is 0 Å². The molecule has 0 aromatic carbocycles. The number of sulfonamides is 1. The predicted molar refractivity (Wildman–Crippen MR) is 92.9 cm³/mol. The summed E-state index contributed by atoms with van der Waals surface area (Å²) in [5.74, 6) is 1.65. The average molecular weight is 347 g/mol. The van der Waals surface area contributed by atoms with Gasteiger partial charge < -0.3 is 4.90 Å². The SMILES string of the molecule is Cc1cc(N2CCC(CS(N)(=O)=O)CC2)nc(-c2ccccn2)n1. The van der Waals surface area contributed by atoms with Crippen LogP contribution in [0.4, 0.5) is 5.82 Å². The molecule has 1 fully saturated rings. The van der Waals surface area contributed by atoms with E-state index in [0.717, 1.165) is 43.1 Å². The van der Waals surface area contributed by atoms with Gasteiger partial charge in [-0.15, -0.1) is 0 Å². The van der Waals surface area contributed by atoms with E-state index >= 15 is 0 Å². The molecule has 2 aromatic rings. The Kier molecular flexibility index (Phi) is 4.77. The van der Waals surface area contributed by atoms with Crippen molar-refractivity contribution in [3.8, 4) is 11.5 Å². The first-order valence-corrected chi connectivity index (χ1v) is 9.65. The van der Waals surface area contributed by atoms with E-state index in [4.69, 9.17) is 5.14 Å². The molecule has 1 aliphatic rings.